The summed E-state index contributed by atoms with van der Waals surface area (Å²) < 4.78 is 4.88. The molecule has 2 rings (SSSR count). The SMILES string of the molecule is CCOC(=O)c1cc(Cl)c(N2CCN(C)CC2)c([N+](=O)[O-])c1. The van der Waals surface area contributed by atoms with E-state index >= 15 is 0 Å². The highest BCUT2D eigenvalue weighted by Gasteiger charge is 2.27. The van der Waals surface area contributed by atoms with Crippen LogP contribution in [0.25, 0.3) is 0 Å². The van der Waals surface area contributed by atoms with Crippen LogP contribution in [-0.2, 0) is 4.74 Å². The molecular formula is C14H18ClN3O4. The van der Waals surface area contributed by atoms with Crippen LogP contribution >= 0.6 is 11.6 Å². The van der Waals surface area contributed by atoms with Crippen molar-refractivity contribution in [1.82, 2.24) is 4.90 Å². The van der Waals surface area contributed by atoms with Gasteiger partial charge < -0.3 is 14.5 Å². The molecule has 0 amide bonds. The number of hydrogen-bond acceptors (Lipinski definition) is 6. The van der Waals surface area contributed by atoms with E-state index in [1.54, 1.807) is 6.92 Å². The molecule has 1 aliphatic rings. The van der Waals surface area contributed by atoms with Crippen molar-refractivity contribution < 1.29 is 14.5 Å². The Labute approximate surface area is 133 Å². The van der Waals surface area contributed by atoms with Gasteiger partial charge in [0.15, 0.2) is 0 Å². The molecule has 0 N–H and O–H groups in total. The maximum Gasteiger partial charge on any atom is 0.338 e. The molecule has 0 bridgehead atoms. The number of hydrogen-bond donors (Lipinski definition) is 0. The minimum Gasteiger partial charge on any atom is -0.462 e. The van der Waals surface area contributed by atoms with Gasteiger partial charge in [0.05, 0.1) is 22.1 Å². The minimum absolute atomic E-state index is 0.0939. The van der Waals surface area contributed by atoms with Gasteiger partial charge in [0, 0.05) is 32.2 Å². The lowest BCUT2D eigenvalue weighted by atomic mass is 10.1. The number of benzene rings is 1. The smallest absolute Gasteiger partial charge is 0.338 e. The first-order chi connectivity index (χ1) is 10.4. The molecule has 1 fully saturated rings. The third kappa shape index (κ3) is 3.48. The van der Waals surface area contributed by atoms with Gasteiger partial charge in [0.25, 0.3) is 5.69 Å². The average molecular weight is 328 g/mol. The quantitative estimate of drug-likeness (QED) is 0.479. The molecule has 1 saturated heterocycles. The Morgan fingerprint density at radius 2 is 2.00 bits per heavy atom. The van der Waals surface area contributed by atoms with Gasteiger partial charge in [0.1, 0.15) is 5.69 Å². The van der Waals surface area contributed by atoms with Gasteiger partial charge in [-0.2, -0.15) is 0 Å². The molecule has 8 heteroatoms. The Hall–Kier alpha value is -1.86. The van der Waals surface area contributed by atoms with Crippen molar-refractivity contribution in [3.8, 4) is 0 Å². The Kier molecular flexibility index (Phi) is 5.20. The summed E-state index contributed by atoms with van der Waals surface area (Å²) in [6.45, 7) is 4.77. The molecule has 120 valence electrons. The number of ether oxygens (including phenoxy) is 1. The summed E-state index contributed by atoms with van der Waals surface area (Å²) in [4.78, 5) is 26.7. The van der Waals surface area contributed by atoms with Gasteiger partial charge in [-0.05, 0) is 20.0 Å². The van der Waals surface area contributed by atoms with Gasteiger partial charge in [-0.1, -0.05) is 11.6 Å². The fourth-order valence-electron chi connectivity index (χ4n) is 2.40. The van der Waals surface area contributed by atoms with Gasteiger partial charge in [-0.25, -0.2) is 4.79 Å². The average Bonchev–Trinajstić information content (AvgIpc) is 2.47. The molecule has 0 spiro atoms. The molecule has 1 aromatic carbocycles. The number of piperazine rings is 1. The highest BCUT2D eigenvalue weighted by Crippen LogP contribution is 2.37. The van der Waals surface area contributed by atoms with Gasteiger partial charge >= 0.3 is 5.97 Å². The Morgan fingerprint density at radius 3 is 2.55 bits per heavy atom. The number of nitro benzene ring substituents is 1. The first kappa shape index (κ1) is 16.5. The van der Waals surface area contributed by atoms with Crippen LogP contribution < -0.4 is 4.90 Å². The number of anilines is 1. The first-order valence-corrected chi connectivity index (χ1v) is 7.40. The molecule has 7 nitrogen and oxygen atoms in total. The number of esters is 1. The van der Waals surface area contributed by atoms with E-state index in [0.29, 0.717) is 18.8 Å². The first-order valence-electron chi connectivity index (χ1n) is 7.02. The van der Waals surface area contributed by atoms with Gasteiger partial charge in [-0.15, -0.1) is 0 Å². The van der Waals surface area contributed by atoms with E-state index in [0.717, 1.165) is 13.1 Å². The lowest BCUT2D eigenvalue weighted by molar-refractivity contribution is -0.384. The van der Waals surface area contributed by atoms with Crippen LogP contribution in [-0.4, -0.2) is 55.6 Å². The molecule has 0 atom stereocenters. The highest BCUT2D eigenvalue weighted by molar-refractivity contribution is 6.34. The summed E-state index contributed by atoms with van der Waals surface area (Å²) in [5, 5.41) is 11.6. The molecule has 1 aliphatic heterocycles. The molecule has 0 unspecified atom stereocenters. The summed E-state index contributed by atoms with van der Waals surface area (Å²) >= 11 is 6.23. The summed E-state index contributed by atoms with van der Waals surface area (Å²) in [5.74, 6) is -0.613. The monoisotopic (exact) mass is 327 g/mol. The van der Waals surface area contributed by atoms with Crippen LogP contribution in [0.2, 0.25) is 5.02 Å². The van der Waals surface area contributed by atoms with Crippen LogP contribution in [0.1, 0.15) is 17.3 Å². The maximum atomic E-state index is 11.8. The summed E-state index contributed by atoms with van der Waals surface area (Å²) in [6.07, 6.45) is 0. The molecule has 22 heavy (non-hydrogen) atoms. The predicted octanol–water partition coefficient (Wildman–Crippen LogP) is 2.18. The molecular weight excluding hydrogens is 310 g/mol. The van der Waals surface area contributed by atoms with E-state index < -0.39 is 10.9 Å². The fourth-order valence-corrected chi connectivity index (χ4v) is 2.73. The van der Waals surface area contributed by atoms with E-state index in [1.165, 1.54) is 12.1 Å². The van der Waals surface area contributed by atoms with Crippen LogP contribution in [0.5, 0.6) is 0 Å². The van der Waals surface area contributed by atoms with E-state index in [4.69, 9.17) is 16.3 Å². The van der Waals surface area contributed by atoms with Crippen molar-refractivity contribution in [1.29, 1.82) is 0 Å². The minimum atomic E-state index is -0.613. The summed E-state index contributed by atoms with van der Waals surface area (Å²) in [6, 6.07) is 2.66. The van der Waals surface area contributed by atoms with Crippen molar-refractivity contribution in [2.24, 2.45) is 0 Å². The van der Waals surface area contributed by atoms with E-state index in [2.05, 4.69) is 4.90 Å². The van der Waals surface area contributed by atoms with Crippen molar-refractivity contribution in [3.63, 3.8) is 0 Å². The lowest BCUT2D eigenvalue weighted by Gasteiger charge is -2.34. The lowest BCUT2D eigenvalue weighted by Crippen LogP contribution is -2.44. The number of nitrogens with zero attached hydrogens (tertiary/aromatic N) is 3. The molecule has 0 saturated carbocycles. The van der Waals surface area contributed by atoms with Crippen LogP contribution in [0, 0.1) is 10.1 Å². The summed E-state index contributed by atoms with van der Waals surface area (Å²) in [5.41, 5.74) is 0.296. The van der Waals surface area contributed by atoms with Crippen LogP contribution in [0.15, 0.2) is 12.1 Å². The largest absolute Gasteiger partial charge is 0.462 e. The number of nitro groups is 1. The van der Waals surface area contributed by atoms with Crippen molar-refractivity contribution in [2.75, 3.05) is 44.7 Å². The third-order valence-electron chi connectivity index (χ3n) is 3.57. The van der Waals surface area contributed by atoms with Crippen molar-refractivity contribution in [3.05, 3.63) is 32.8 Å². The predicted molar refractivity (Wildman–Crippen MR) is 83.8 cm³/mol. The number of halogens is 1. The van der Waals surface area contributed by atoms with Gasteiger partial charge in [-0.3, -0.25) is 10.1 Å². The highest BCUT2D eigenvalue weighted by atomic mass is 35.5. The fraction of sp³-hybridized carbons (Fsp3) is 0.500. The number of likely N-dealkylation sites (N-methyl/N-ethyl adjacent to an activating group) is 1. The van der Waals surface area contributed by atoms with Gasteiger partial charge in [0.2, 0.25) is 0 Å². The second-order valence-electron chi connectivity index (χ2n) is 5.09. The molecule has 0 aliphatic carbocycles. The zero-order valence-electron chi connectivity index (χ0n) is 12.5. The number of carbonyl (C=O) groups excluding carboxylic acids is 1. The number of rotatable bonds is 4. The Balaban J connectivity index is 2.41. The third-order valence-corrected chi connectivity index (χ3v) is 3.86. The van der Waals surface area contributed by atoms with E-state index in [-0.39, 0.29) is 22.9 Å². The molecule has 0 aromatic heterocycles. The molecule has 1 aromatic rings. The molecule has 0 radical (unpaired) electrons. The second kappa shape index (κ2) is 6.93. The maximum absolute atomic E-state index is 11.8. The number of carbonyl (C=O) groups is 1. The van der Waals surface area contributed by atoms with E-state index in [1.807, 2.05) is 11.9 Å². The van der Waals surface area contributed by atoms with Crippen LogP contribution in [0.4, 0.5) is 11.4 Å². The second-order valence-corrected chi connectivity index (χ2v) is 5.50. The van der Waals surface area contributed by atoms with Crippen molar-refractivity contribution in [2.45, 2.75) is 6.92 Å². The summed E-state index contributed by atoms with van der Waals surface area (Å²) in [7, 11) is 2.00. The van der Waals surface area contributed by atoms with Crippen molar-refractivity contribution >= 4 is 28.9 Å². The zero-order valence-corrected chi connectivity index (χ0v) is 13.3. The zero-order chi connectivity index (χ0) is 16.3. The van der Waals surface area contributed by atoms with Crippen LogP contribution in [0.3, 0.4) is 0 Å². The van der Waals surface area contributed by atoms with E-state index in [9.17, 15) is 14.9 Å². The molecule has 1 heterocycles. The Morgan fingerprint density at radius 1 is 1.36 bits per heavy atom. The topological polar surface area (TPSA) is 75.9 Å². The Bertz CT molecular complexity index is 586. The standard InChI is InChI=1S/C14H18ClN3O4/c1-3-22-14(19)10-8-11(15)13(12(9-10)18(20)21)17-6-4-16(2)5-7-17/h8-9H,3-7H2,1-2H3. The normalized spacial score (nSPS) is 15.7.